The van der Waals surface area contributed by atoms with Gasteiger partial charge in [-0.15, -0.1) is 0 Å². The SMILES string of the molecule is CC(C)n1ncc2cc(Cn3cnc(Cc4ccccc4)n3)cnc21. The molecular formula is C19H20N6. The number of aromatic nitrogens is 6. The van der Waals surface area contributed by atoms with Crippen LogP contribution >= 0.6 is 0 Å². The lowest BCUT2D eigenvalue weighted by atomic mass is 10.1. The Labute approximate surface area is 146 Å². The molecule has 3 aromatic heterocycles. The van der Waals surface area contributed by atoms with E-state index in [1.165, 1.54) is 5.56 Å². The third kappa shape index (κ3) is 3.28. The highest BCUT2D eigenvalue weighted by atomic mass is 15.3. The first kappa shape index (κ1) is 15.5. The van der Waals surface area contributed by atoms with Crippen molar-refractivity contribution in [1.29, 1.82) is 0 Å². The van der Waals surface area contributed by atoms with Crippen LogP contribution in [0.4, 0.5) is 0 Å². The van der Waals surface area contributed by atoms with E-state index < -0.39 is 0 Å². The van der Waals surface area contributed by atoms with Gasteiger partial charge in [-0.2, -0.15) is 10.2 Å². The number of benzene rings is 1. The highest BCUT2D eigenvalue weighted by Crippen LogP contribution is 2.17. The van der Waals surface area contributed by atoms with Crippen LogP contribution in [-0.4, -0.2) is 29.5 Å². The quantitative estimate of drug-likeness (QED) is 0.563. The van der Waals surface area contributed by atoms with Gasteiger partial charge in [0.25, 0.3) is 0 Å². The molecule has 4 aromatic rings. The topological polar surface area (TPSA) is 61.4 Å². The van der Waals surface area contributed by atoms with Gasteiger partial charge in [-0.1, -0.05) is 30.3 Å². The molecule has 0 saturated heterocycles. The summed E-state index contributed by atoms with van der Waals surface area (Å²) in [6, 6.07) is 12.7. The molecule has 0 radical (unpaired) electrons. The highest BCUT2D eigenvalue weighted by Gasteiger charge is 2.09. The van der Waals surface area contributed by atoms with Crippen molar-refractivity contribution in [2.24, 2.45) is 0 Å². The van der Waals surface area contributed by atoms with E-state index in [-0.39, 0.29) is 0 Å². The summed E-state index contributed by atoms with van der Waals surface area (Å²) < 4.78 is 3.79. The van der Waals surface area contributed by atoms with E-state index in [9.17, 15) is 0 Å². The molecule has 0 bridgehead atoms. The van der Waals surface area contributed by atoms with Gasteiger partial charge in [-0.3, -0.25) is 0 Å². The number of pyridine rings is 1. The van der Waals surface area contributed by atoms with E-state index in [1.54, 1.807) is 6.33 Å². The van der Waals surface area contributed by atoms with Gasteiger partial charge in [-0.05, 0) is 31.0 Å². The van der Waals surface area contributed by atoms with Gasteiger partial charge in [-0.25, -0.2) is 19.3 Å². The van der Waals surface area contributed by atoms with Crippen LogP contribution in [0.15, 0.2) is 55.1 Å². The Kier molecular flexibility index (Phi) is 4.01. The Bertz CT molecular complexity index is 984. The molecule has 0 spiro atoms. The van der Waals surface area contributed by atoms with Crippen molar-refractivity contribution in [3.63, 3.8) is 0 Å². The molecule has 126 valence electrons. The van der Waals surface area contributed by atoms with Crippen molar-refractivity contribution < 1.29 is 0 Å². The third-order valence-corrected chi connectivity index (χ3v) is 4.11. The summed E-state index contributed by atoms with van der Waals surface area (Å²) in [5, 5.41) is 10.0. The second-order valence-electron chi connectivity index (χ2n) is 6.46. The first-order valence-corrected chi connectivity index (χ1v) is 8.43. The fourth-order valence-corrected chi connectivity index (χ4v) is 2.91. The Hall–Kier alpha value is -3.02. The van der Waals surface area contributed by atoms with Crippen LogP contribution < -0.4 is 0 Å². The van der Waals surface area contributed by atoms with Crippen molar-refractivity contribution >= 4 is 11.0 Å². The number of nitrogens with zero attached hydrogens (tertiary/aromatic N) is 6. The van der Waals surface area contributed by atoms with Crippen LogP contribution in [0, 0.1) is 0 Å². The largest absolute Gasteiger partial charge is 0.248 e. The normalized spacial score (nSPS) is 11.5. The molecule has 0 fully saturated rings. The second-order valence-corrected chi connectivity index (χ2v) is 6.46. The van der Waals surface area contributed by atoms with Crippen molar-refractivity contribution in [3.05, 3.63) is 72.1 Å². The smallest absolute Gasteiger partial charge is 0.157 e. The van der Waals surface area contributed by atoms with Crippen molar-refractivity contribution in [3.8, 4) is 0 Å². The van der Waals surface area contributed by atoms with Crippen molar-refractivity contribution in [2.75, 3.05) is 0 Å². The number of fused-ring (bicyclic) bond motifs is 1. The Balaban J connectivity index is 1.51. The summed E-state index contributed by atoms with van der Waals surface area (Å²) >= 11 is 0. The van der Waals surface area contributed by atoms with Gasteiger partial charge in [0.15, 0.2) is 11.5 Å². The Morgan fingerprint density at radius 2 is 1.84 bits per heavy atom. The van der Waals surface area contributed by atoms with E-state index >= 15 is 0 Å². The van der Waals surface area contributed by atoms with Gasteiger partial charge in [0.1, 0.15) is 6.33 Å². The fourth-order valence-electron chi connectivity index (χ4n) is 2.91. The Morgan fingerprint density at radius 3 is 2.64 bits per heavy atom. The molecule has 0 aliphatic heterocycles. The van der Waals surface area contributed by atoms with E-state index in [1.807, 2.05) is 40.0 Å². The molecule has 0 aliphatic rings. The molecule has 3 heterocycles. The second kappa shape index (κ2) is 6.47. The summed E-state index contributed by atoms with van der Waals surface area (Å²) in [7, 11) is 0. The lowest BCUT2D eigenvalue weighted by Gasteiger charge is -2.06. The fraction of sp³-hybridized carbons (Fsp3) is 0.263. The van der Waals surface area contributed by atoms with Gasteiger partial charge >= 0.3 is 0 Å². The molecule has 0 aliphatic carbocycles. The van der Waals surface area contributed by atoms with Crippen LogP contribution in [0.2, 0.25) is 0 Å². The molecule has 4 rings (SSSR count). The predicted octanol–water partition coefficient (Wildman–Crippen LogP) is 3.24. The zero-order valence-electron chi connectivity index (χ0n) is 14.4. The predicted molar refractivity (Wildman–Crippen MR) is 96.3 cm³/mol. The third-order valence-electron chi connectivity index (χ3n) is 4.11. The molecule has 0 atom stereocenters. The van der Waals surface area contributed by atoms with E-state index in [4.69, 9.17) is 0 Å². The molecule has 0 saturated carbocycles. The van der Waals surface area contributed by atoms with Crippen molar-refractivity contribution in [1.82, 2.24) is 29.5 Å². The number of hydrogen-bond acceptors (Lipinski definition) is 4. The maximum atomic E-state index is 4.57. The lowest BCUT2D eigenvalue weighted by Crippen LogP contribution is -2.04. The van der Waals surface area contributed by atoms with Crippen LogP contribution in [0.1, 0.15) is 36.8 Å². The zero-order chi connectivity index (χ0) is 17.2. The average molecular weight is 332 g/mol. The van der Waals surface area contributed by atoms with Crippen LogP contribution in [-0.2, 0) is 13.0 Å². The maximum absolute atomic E-state index is 4.57. The summed E-state index contributed by atoms with van der Waals surface area (Å²) in [6.45, 7) is 4.86. The monoisotopic (exact) mass is 332 g/mol. The Morgan fingerprint density at radius 1 is 1.00 bits per heavy atom. The van der Waals surface area contributed by atoms with E-state index in [0.717, 1.165) is 28.8 Å². The molecule has 1 aromatic carbocycles. The van der Waals surface area contributed by atoms with Gasteiger partial charge in [0.05, 0.1) is 12.7 Å². The van der Waals surface area contributed by atoms with Crippen LogP contribution in [0.3, 0.4) is 0 Å². The highest BCUT2D eigenvalue weighted by molar-refractivity contribution is 5.75. The molecular weight excluding hydrogens is 312 g/mol. The molecule has 6 nitrogen and oxygen atoms in total. The molecule has 0 amide bonds. The minimum absolute atomic E-state index is 0.298. The summed E-state index contributed by atoms with van der Waals surface area (Å²) in [5.74, 6) is 0.827. The lowest BCUT2D eigenvalue weighted by molar-refractivity contribution is 0.546. The number of hydrogen-bond donors (Lipinski definition) is 0. The summed E-state index contributed by atoms with van der Waals surface area (Å²) in [4.78, 5) is 8.98. The van der Waals surface area contributed by atoms with Gasteiger partial charge in [0, 0.05) is 24.0 Å². The van der Waals surface area contributed by atoms with Crippen molar-refractivity contribution in [2.45, 2.75) is 32.9 Å². The summed E-state index contributed by atoms with van der Waals surface area (Å²) in [6.07, 6.45) is 6.28. The first-order chi connectivity index (χ1) is 12.2. The molecule has 0 unspecified atom stereocenters. The minimum Gasteiger partial charge on any atom is -0.248 e. The first-order valence-electron chi connectivity index (χ1n) is 8.43. The van der Waals surface area contributed by atoms with Gasteiger partial charge < -0.3 is 0 Å². The van der Waals surface area contributed by atoms with Crippen LogP contribution in [0.5, 0.6) is 0 Å². The maximum Gasteiger partial charge on any atom is 0.157 e. The molecule has 25 heavy (non-hydrogen) atoms. The van der Waals surface area contributed by atoms with E-state index in [2.05, 4.69) is 52.2 Å². The van der Waals surface area contributed by atoms with Gasteiger partial charge in [0.2, 0.25) is 0 Å². The molecule has 0 N–H and O–H groups in total. The standard InChI is InChI=1S/C19H20N6/c1-14(2)25-19-17(11-22-25)8-16(10-20-19)12-24-13-21-18(23-24)9-15-6-4-3-5-7-15/h3-8,10-11,13-14H,9,12H2,1-2H3. The van der Waals surface area contributed by atoms with Crippen LogP contribution in [0.25, 0.3) is 11.0 Å². The average Bonchev–Trinajstić information content (AvgIpc) is 3.22. The summed E-state index contributed by atoms with van der Waals surface area (Å²) in [5.41, 5.74) is 3.22. The minimum atomic E-state index is 0.298. The van der Waals surface area contributed by atoms with E-state index in [0.29, 0.717) is 12.6 Å². The number of rotatable bonds is 5. The molecule has 6 heteroatoms. The zero-order valence-corrected chi connectivity index (χ0v) is 14.4.